The molecule has 3 aliphatic heterocycles. The van der Waals surface area contributed by atoms with Crippen LogP contribution in [0.15, 0.2) is 11.1 Å². The van der Waals surface area contributed by atoms with Crippen LogP contribution in [0.5, 0.6) is 0 Å². The predicted octanol–water partition coefficient (Wildman–Crippen LogP) is -0.134. The summed E-state index contributed by atoms with van der Waals surface area (Å²) < 4.78 is 14.7. The van der Waals surface area contributed by atoms with Crippen LogP contribution in [0.3, 0.4) is 0 Å². The number of fused-ring (bicyclic) bond motifs is 4. The molecule has 2 fully saturated rings. The van der Waals surface area contributed by atoms with E-state index in [2.05, 4.69) is 22.2 Å². The molecule has 11 nitrogen and oxygen atoms in total. The minimum Gasteiger partial charge on any atom is -0.394 e. The van der Waals surface area contributed by atoms with Gasteiger partial charge in [0.2, 0.25) is 5.95 Å². The quantitative estimate of drug-likeness (QED) is 0.469. The van der Waals surface area contributed by atoms with Crippen molar-refractivity contribution in [3.8, 4) is 0 Å². The van der Waals surface area contributed by atoms with Gasteiger partial charge >= 0.3 is 0 Å². The second-order valence-electron chi connectivity index (χ2n) is 8.27. The number of anilines is 1. The Hall–Kier alpha value is -2.05. The fraction of sp³-hybridized carbons (Fsp3) is 0.737. The third kappa shape index (κ3) is 2.95. The standard InChI is InChI=1S/C19H27N5O6/c1-2-3-4-5-10-15(27)14-17(30-10)22-19-21-16-13(18(28)24(14)19)20-8-23(16)12-6-9(26)11(7-25)29-12/h8-12,14-15,17,25-27H,2-7H2,1H3,(H,21,22)/t9-,10+,11+,12+,14+,15+,17-/m0/s1. The predicted molar refractivity (Wildman–Crippen MR) is 105 cm³/mol. The van der Waals surface area contributed by atoms with Gasteiger partial charge in [-0.05, 0) is 6.42 Å². The molecule has 0 aromatic carbocycles. The molecule has 2 aromatic rings. The van der Waals surface area contributed by atoms with Crippen molar-refractivity contribution in [3.05, 3.63) is 16.7 Å². The summed E-state index contributed by atoms with van der Waals surface area (Å²) in [6, 6.07) is -0.551. The van der Waals surface area contributed by atoms with Gasteiger partial charge in [0.25, 0.3) is 5.56 Å². The van der Waals surface area contributed by atoms with E-state index in [4.69, 9.17) is 9.47 Å². The summed E-state index contributed by atoms with van der Waals surface area (Å²) >= 11 is 0. The highest BCUT2D eigenvalue weighted by Crippen LogP contribution is 2.39. The molecule has 0 radical (unpaired) electrons. The molecule has 164 valence electrons. The molecule has 0 spiro atoms. The Bertz CT molecular complexity index is 992. The highest BCUT2D eigenvalue weighted by Gasteiger charge is 2.50. The van der Waals surface area contributed by atoms with Crippen LogP contribution in [0.2, 0.25) is 0 Å². The van der Waals surface area contributed by atoms with Gasteiger partial charge < -0.3 is 30.1 Å². The third-order valence-corrected chi connectivity index (χ3v) is 6.35. The topological polar surface area (TPSA) is 144 Å². The number of unbranched alkanes of at least 4 members (excludes halogenated alkanes) is 2. The lowest BCUT2D eigenvalue weighted by molar-refractivity contribution is -0.0432. The van der Waals surface area contributed by atoms with E-state index in [1.165, 1.54) is 10.9 Å². The number of nitrogens with zero attached hydrogens (tertiary/aromatic N) is 4. The molecule has 0 unspecified atom stereocenters. The summed E-state index contributed by atoms with van der Waals surface area (Å²) in [5, 5.41) is 33.3. The molecule has 11 heteroatoms. The zero-order chi connectivity index (χ0) is 21.0. The van der Waals surface area contributed by atoms with E-state index in [1.54, 1.807) is 4.57 Å². The number of imidazole rings is 1. The molecule has 0 aliphatic carbocycles. The van der Waals surface area contributed by atoms with Crippen LogP contribution in [0.25, 0.3) is 11.2 Å². The van der Waals surface area contributed by atoms with Crippen LogP contribution in [0.1, 0.15) is 51.3 Å². The van der Waals surface area contributed by atoms with Crippen LogP contribution < -0.4 is 10.9 Å². The van der Waals surface area contributed by atoms with Crippen LogP contribution >= 0.6 is 0 Å². The molecule has 2 saturated heterocycles. The first kappa shape index (κ1) is 19.9. The highest BCUT2D eigenvalue weighted by atomic mass is 16.5. The fourth-order valence-electron chi connectivity index (χ4n) is 4.74. The van der Waals surface area contributed by atoms with Gasteiger partial charge in [-0.3, -0.25) is 13.9 Å². The summed E-state index contributed by atoms with van der Waals surface area (Å²) in [5.74, 6) is 0.313. The number of aliphatic hydroxyl groups excluding tert-OH is 3. The number of aliphatic hydroxyl groups is 3. The molecule has 30 heavy (non-hydrogen) atoms. The number of ether oxygens (including phenoxy) is 2. The van der Waals surface area contributed by atoms with Crippen molar-refractivity contribution in [3.63, 3.8) is 0 Å². The number of aromatic nitrogens is 4. The lowest BCUT2D eigenvalue weighted by Gasteiger charge is -2.18. The Balaban J connectivity index is 1.46. The van der Waals surface area contributed by atoms with Gasteiger partial charge in [-0.2, -0.15) is 4.98 Å². The second kappa shape index (κ2) is 7.57. The summed E-state index contributed by atoms with van der Waals surface area (Å²) in [7, 11) is 0. The minimum atomic E-state index is -0.807. The molecule has 3 aliphatic rings. The molecular weight excluding hydrogens is 394 g/mol. The van der Waals surface area contributed by atoms with Crippen molar-refractivity contribution in [1.82, 2.24) is 19.1 Å². The van der Waals surface area contributed by atoms with Gasteiger partial charge in [0.05, 0.1) is 25.1 Å². The van der Waals surface area contributed by atoms with Gasteiger partial charge in [-0.25, -0.2) is 4.98 Å². The summed E-state index contributed by atoms with van der Waals surface area (Å²) in [6.07, 6.45) is 1.85. The monoisotopic (exact) mass is 421 g/mol. The maximum absolute atomic E-state index is 13.2. The molecule has 4 N–H and O–H groups in total. The van der Waals surface area contributed by atoms with Crippen molar-refractivity contribution >= 4 is 17.1 Å². The summed E-state index contributed by atoms with van der Waals surface area (Å²) in [6.45, 7) is 1.82. The second-order valence-corrected chi connectivity index (χ2v) is 8.27. The maximum Gasteiger partial charge on any atom is 0.283 e. The first-order chi connectivity index (χ1) is 14.5. The van der Waals surface area contributed by atoms with Crippen molar-refractivity contribution in [2.24, 2.45) is 0 Å². The Labute approximate surface area is 172 Å². The summed E-state index contributed by atoms with van der Waals surface area (Å²) in [5.41, 5.74) is 0.125. The molecule has 5 rings (SSSR count). The van der Waals surface area contributed by atoms with Crippen LogP contribution in [-0.2, 0) is 9.47 Å². The Morgan fingerprint density at radius 1 is 1.27 bits per heavy atom. The lowest BCUT2D eigenvalue weighted by atomic mass is 10.0. The first-order valence-corrected chi connectivity index (χ1v) is 10.6. The average Bonchev–Trinajstić information content (AvgIpc) is 3.46. The molecule has 0 saturated carbocycles. The van der Waals surface area contributed by atoms with Crippen LogP contribution in [-0.4, -0.2) is 71.7 Å². The van der Waals surface area contributed by atoms with Crippen molar-refractivity contribution in [2.45, 2.75) is 81.9 Å². The van der Waals surface area contributed by atoms with Crippen LogP contribution in [0, 0.1) is 0 Å². The van der Waals surface area contributed by atoms with Gasteiger partial charge in [-0.1, -0.05) is 26.2 Å². The molecule has 0 bridgehead atoms. The van der Waals surface area contributed by atoms with Gasteiger partial charge in [0.1, 0.15) is 24.5 Å². The van der Waals surface area contributed by atoms with Crippen molar-refractivity contribution < 1.29 is 24.8 Å². The van der Waals surface area contributed by atoms with Crippen molar-refractivity contribution in [2.75, 3.05) is 11.9 Å². The molecule has 7 atom stereocenters. The van der Waals surface area contributed by atoms with E-state index in [1.807, 2.05) is 0 Å². The van der Waals surface area contributed by atoms with Gasteiger partial charge in [0.15, 0.2) is 17.4 Å². The van der Waals surface area contributed by atoms with Crippen LogP contribution in [0.4, 0.5) is 5.95 Å². The lowest BCUT2D eigenvalue weighted by Crippen LogP contribution is -2.33. The Morgan fingerprint density at radius 2 is 2.10 bits per heavy atom. The van der Waals surface area contributed by atoms with Gasteiger partial charge in [0, 0.05) is 6.42 Å². The number of hydrogen-bond donors (Lipinski definition) is 4. The van der Waals surface area contributed by atoms with Gasteiger partial charge in [-0.15, -0.1) is 0 Å². The molecule has 2 aromatic heterocycles. The first-order valence-electron chi connectivity index (χ1n) is 10.6. The SMILES string of the molecule is CCCCC[C@H]1O[C@@H]2Nc3nc4c(ncn4[C@H]4C[C@H](O)[C@@H](CO)O4)c(=O)n3[C@@H]2[C@@H]1O. The number of hydrogen-bond acceptors (Lipinski definition) is 9. The van der Waals surface area contributed by atoms with E-state index in [0.29, 0.717) is 11.6 Å². The number of rotatable bonds is 6. The number of nitrogens with one attached hydrogen (secondary N) is 1. The molecule has 0 amide bonds. The fourth-order valence-corrected chi connectivity index (χ4v) is 4.74. The highest BCUT2D eigenvalue weighted by molar-refractivity contribution is 5.72. The molecular formula is C19H27N5O6. The third-order valence-electron chi connectivity index (χ3n) is 6.35. The summed E-state index contributed by atoms with van der Waals surface area (Å²) in [4.78, 5) is 22.0. The Kier molecular flexibility index (Phi) is 5.02. The largest absolute Gasteiger partial charge is 0.394 e. The van der Waals surface area contributed by atoms with Crippen molar-refractivity contribution in [1.29, 1.82) is 0 Å². The van der Waals surface area contributed by atoms with E-state index in [0.717, 1.165) is 25.7 Å². The zero-order valence-corrected chi connectivity index (χ0v) is 16.7. The normalized spacial score (nSPS) is 35.0. The molecule has 5 heterocycles. The van der Waals surface area contributed by atoms with E-state index >= 15 is 0 Å². The van der Waals surface area contributed by atoms with E-state index in [-0.39, 0.29) is 30.2 Å². The Morgan fingerprint density at radius 3 is 2.83 bits per heavy atom. The van der Waals surface area contributed by atoms with E-state index < -0.39 is 36.8 Å². The van der Waals surface area contributed by atoms with E-state index in [9.17, 15) is 20.1 Å². The maximum atomic E-state index is 13.2. The minimum absolute atomic E-state index is 0.161. The zero-order valence-electron chi connectivity index (χ0n) is 16.7. The smallest absolute Gasteiger partial charge is 0.283 e. The average molecular weight is 421 g/mol.